The predicted octanol–water partition coefficient (Wildman–Crippen LogP) is 2.68. The second-order valence-corrected chi connectivity index (χ2v) is 5.33. The fourth-order valence-electron chi connectivity index (χ4n) is 1.70. The quantitative estimate of drug-likeness (QED) is 0.863. The van der Waals surface area contributed by atoms with E-state index >= 15 is 0 Å². The molecule has 1 aromatic carbocycles. The molecule has 0 aliphatic rings. The summed E-state index contributed by atoms with van der Waals surface area (Å²) in [4.78, 5) is 8.62. The zero-order valence-corrected chi connectivity index (χ0v) is 11.4. The maximum Gasteiger partial charge on any atom is 0.222 e. The van der Waals surface area contributed by atoms with Crippen molar-refractivity contribution in [2.75, 3.05) is 11.9 Å². The molecule has 4 heteroatoms. The molecule has 2 aromatic rings. The highest BCUT2D eigenvalue weighted by molar-refractivity contribution is 5.61. The summed E-state index contributed by atoms with van der Waals surface area (Å²) in [5.74, 6) is 0.643. The lowest BCUT2D eigenvalue weighted by Gasteiger charge is -2.18. The zero-order valence-electron chi connectivity index (χ0n) is 11.4. The van der Waals surface area contributed by atoms with Gasteiger partial charge in [-0.3, -0.25) is 0 Å². The van der Waals surface area contributed by atoms with Gasteiger partial charge in [-0.1, -0.05) is 30.3 Å². The molecule has 2 rings (SSSR count). The molecular weight excluding hydrogens is 236 g/mol. The number of aromatic nitrogens is 2. The number of nitrogens with two attached hydrogens (primary N) is 1. The highest BCUT2D eigenvalue weighted by Crippen LogP contribution is 2.17. The van der Waals surface area contributed by atoms with Gasteiger partial charge in [0.25, 0.3) is 0 Å². The van der Waals surface area contributed by atoms with Crippen LogP contribution in [0.25, 0.3) is 11.1 Å². The zero-order chi connectivity index (χ0) is 13.7. The van der Waals surface area contributed by atoms with Crippen LogP contribution in [-0.2, 0) is 0 Å². The summed E-state index contributed by atoms with van der Waals surface area (Å²) in [6, 6.07) is 10.1. The first-order valence-corrected chi connectivity index (χ1v) is 6.45. The Hall–Kier alpha value is -1.94. The van der Waals surface area contributed by atoms with E-state index in [1.54, 1.807) is 0 Å². The Morgan fingerprint density at radius 2 is 1.68 bits per heavy atom. The molecule has 0 saturated carbocycles. The SMILES string of the molecule is CC(C)(N)CCNc1ncc(-c2ccccc2)cn1. The summed E-state index contributed by atoms with van der Waals surface area (Å²) >= 11 is 0. The van der Waals surface area contributed by atoms with E-state index in [1.807, 2.05) is 56.6 Å². The Balaban J connectivity index is 1.96. The Morgan fingerprint density at radius 3 is 2.26 bits per heavy atom. The van der Waals surface area contributed by atoms with Crippen molar-refractivity contribution in [3.8, 4) is 11.1 Å². The first kappa shape index (κ1) is 13.5. The predicted molar refractivity (Wildman–Crippen MR) is 78.8 cm³/mol. The van der Waals surface area contributed by atoms with Gasteiger partial charge in [-0.25, -0.2) is 9.97 Å². The minimum Gasteiger partial charge on any atom is -0.354 e. The maximum absolute atomic E-state index is 5.92. The van der Waals surface area contributed by atoms with Crippen LogP contribution in [0.4, 0.5) is 5.95 Å². The van der Waals surface area contributed by atoms with Crippen LogP contribution in [-0.4, -0.2) is 22.1 Å². The molecule has 0 amide bonds. The Bertz CT molecular complexity index is 500. The molecule has 0 unspecified atom stereocenters. The molecule has 1 aromatic heterocycles. The third-order valence-corrected chi connectivity index (χ3v) is 2.81. The third kappa shape index (κ3) is 4.34. The van der Waals surface area contributed by atoms with E-state index in [-0.39, 0.29) is 5.54 Å². The van der Waals surface area contributed by atoms with E-state index in [9.17, 15) is 0 Å². The lowest BCUT2D eigenvalue weighted by atomic mass is 10.0. The van der Waals surface area contributed by atoms with Gasteiger partial charge in [0.1, 0.15) is 0 Å². The smallest absolute Gasteiger partial charge is 0.222 e. The lowest BCUT2D eigenvalue weighted by molar-refractivity contribution is 0.490. The number of nitrogens with zero attached hydrogens (tertiary/aromatic N) is 2. The minimum absolute atomic E-state index is 0.170. The van der Waals surface area contributed by atoms with Crippen molar-refractivity contribution in [3.63, 3.8) is 0 Å². The average molecular weight is 256 g/mol. The number of anilines is 1. The molecule has 0 aliphatic heterocycles. The summed E-state index contributed by atoms with van der Waals surface area (Å²) in [7, 11) is 0. The van der Waals surface area contributed by atoms with Crippen LogP contribution in [0.1, 0.15) is 20.3 Å². The second-order valence-electron chi connectivity index (χ2n) is 5.33. The molecule has 3 N–H and O–H groups in total. The van der Waals surface area contributed by atoms with Crippen LogP contribution in [0.5, 0.6) is 0 Å². The Labute approximate surface area is 114 Å². The van der Waals surface area contributed by atoms with Crippen LogP contribution in [0.3, 0.4) is 0 Å². The van der Waals surface area contributed by atoms with Gasteiger partial charge in [0, 0.05) is 30.0 Å². The van der Waals surface area contributed by atoms with Crippen molar-refractivity contribution < 1.29 is 0 Å². The van der Waals surface area contributed by atoms with Crippen LogP contribution < -0.4 is 11.1 Å². The van der Waals surface area contributed by atoms with Crippen molar-refractivity contribution >= 4 is 5.95 Å². The highest BCUT2D eigenvalue weighted by Gasteiger charge is 2.09. The number of nitrogens with one attached hydrogen (secondary N) is 1. The molecule has 0 atom stereocenters. The standard InChI is InChI=1S/C15H20N4/c1-15(2,16)8-9-17-14-18-10-13(11-19-14)12-6-4-3-5-7-12/h3-7,10-11H,8-9,16H2,1-2H3,(H,17,18,19). The van der Waals surface area contributed by atoms with E-state index < -0.39 is 0 Å². The maximum atomic E-state index is 5.92. The largest absolute Gasteiger partial charge is 0.354 e. The topological polar surface area (TPSA) is 63.8 Å². The molecule has 0 radical (unpaired) electrons. The van der Waals surface area contributed by atoms with E-state index in [0.717, 1.165) is 24.1 Å². The fourth-order valence-corrected chi connectivity index (χ4v) is 1.70. The highest BCUT2D eigenvalue weighted by atomic mass is 15.1. The van der Waals surface area contributed by atoms with Gasteiger partial charge in [-0.15, -0.1) is 0 Å². The molecule has 0 fully saturated rings. The van der Waals surface area contributed by atoms with Crippen LogP contribution >= 0.6 is 0 Å². The Kier molecular flexibility index (Phi) is 4.12. The van der Waals surface area contributed by atoms with Gasteiger partial charge >= 0.3 is 0 Å². The molecule has 0 aliphatic carbocycles. The van der Waals surface area contributed by atoms with Crippen molar-refractivity contribution in [1.29, 1.82) is 0 Å². The number of benzene rings is 1. The van der Waals surface area contributed by atoms with E-state index in [1.165, 1.54) is 0 Å². The lowest BCUT2D eigenvalue weighted by Crippen LogP contribution is -2.34. The van der Waals surface area contributed by atoms with Gasteiger partial charge in [-0.05, 0) is 25.8 Å². The van der Waals surface area contributed by atoms with Gasteiger partial charge < -0.3 is 11.1 Å². The molecule has 100 valence electrons. The normalized spacial score (nSPS) is 11.3. The first-order valence-electron chi connectivity index (χ1n) is 6.45. The minimum atomic E-state index is -0.170. The fraction of sp³-hybridized carbons (Fsp3) is 0.333. The molecule has 19 heavy (non-hydrogen) atoms. The van der Waals surface area contributed by atoms with E-state index in [0.29, 0.717) is 5.95 Å². The first-order chi connectivity index (χ1) is 9.04. The van der Waals surface area contributed by atoms with Gasteiger partial charge in [0.05, 0.1) is 0 Å². The summed E-state index contributed by atoms with van der Waals surface area (Å²) in [6.07, 6.45) is 4.54. The van der Waals surface area contributed by atoms with Crippen molar-refractivity contribution in [2.24, 2.45) is 5.73 Å². The average Bonchev–Trinajstić information content (AvgIpc) is 2.39. The third-order valence-electron chi connectivity index (χ3n) is 2.81. The van der Waals surface area contributed by atoms with Crippen LogP contribution in [0.15, 0.2) is 42.7 Å². The number of hydrogen-bond acceptors (Lipinski definition) is 4. The number of rotatable bonds is 5. The van der Waals surface area contributed by atoms with Crippen molar-refractivity contribution in [1.82, 2.24) is 9.97 Å². The van der Waals surface area contributed by atoms with Crippen molar-refractivity contribution in [3.05, 3.63) is 42.7 Å². The molecule has 1 heterocycles. The summed E-state index contributed by atoms with van der Waals surface area (Å²) < 4.78 is 0. The molecule has 0 bridgehead atoms. The summed E-state index contributed by atoms with van der Waals surface area (Å²) in [6.45, 7) is 4.79. The summed E-state index contributed by atoms with van der Waals surface area (Å²) in [5.41, 5.74) is 7.89. The Morgan fingerprint density at radius 1 is 1.05 bits per heavy atom. The van der Waals surface area contributed by atoms with Crippen LogP contribution in [0.2, 0.25) is 0 Å². The monoisotopic (exact) mass is 256 g/mol. The second kappa shape index (κ2) is 5.80. The van der Waals surface area contributed by atoms with E-state index in [4.69, 9.17) is 5.73 Å². The molecule has 4 nitrogen and oxygen atoms in total. The summed E-state index contributed by atoms with van der Waals surface area (Å²) in [5, 5.41) is 3.18. The van der Waals surface area contributed by atoms with Crippen molar-refractivity contribution in [2.45, 2.75) is 25.8 Å². The molecule has 0 spiro atoms. The van der Waals surface area contributed by atoms with Gasteiger partial charge in [0.15, 0.2) is 0 Å². The van der Waals surface area contributed by atoms with Gasteiger partial charge in [-0.2, -0.15) is 0 Å². The van der Waals surface area contributed by atoms with Gasteiger partial charge in [0.2, 0.25) is 5.95 Å². The molecule has 0 saturated heterocycles. The number of hydrogen-bond donors (Lipinski definition) is 2. The molecular formula is C15H20N4. The van der Waals surface area contributed by atoms with E-state index in [2.05, 4.69) is 15.3 Å². The van der Waals surface area contributed by atoms with Crippen LogP contribution in [0, 0.1) is 0 Å².